The van der Waals surface area contributed by atoms with E-state index in [9.17, 15) is 0 Å². The molecule has 45 heavy (non-hydrogen) atoms. The number of hydrogen-bond donors (Lipinski definition) is 0. The quantitative estimate of drug-likeness (QED) is 0.297. The van der Waals surface area contributed by atoms with E-state index in [1.165, 1.54) is 45.3 Å². The van der Waals surface area contributed by atoms with Crippen molar-refractivity contribution in [3.8, 4) is 0 Å². The minimum absolute atomic E-state index is 0.0624. The van der Waals surface area contributed by atoms with E-state index in [4.69, 9.17) is 9.98 Å². The molecule has 2 aliphatic rings. The summed E-state index contributed by atoms with van der Waals surface area (Å²) in [6, 6.07) is 13.8. The first kappa shape index (κ1) is 35.2. The fourth-order valence-electron chi connectivity index (χ4n) is 8.75. The third-order valence-electron chi connectivity index (χ3n) is 10.2. The molecule has 2 aromatic carbocycles. The summed E-state index contributed by atoms with van der Waals surface area (Å²) in [4.78, 5) is 16.2. The molecule has 0 saturated carbocycles. The first-order valence-electron chi connectivity index (χ1n) is 17.6. The third-order valence-corrected chi connectivity index (χ3v) is 10.2. The number of nitrogens with zero attached hydrogens (tertiary/aromatic N) is 4. The summed E-state index contributed by atoms with van der Waals surface area (Å²) in [6.45, 7) is 38.0. The predicted molar refractivity (Wildman–Crippen MR) is 199 cm³/mol. The summed E-state index contributed by atoms with van der Waals surface area (Å²) in [6.07, 6.45) is 2.09. The molecule has 0 bridgehead atoms. The average Bonchev–Trinajstić information content (AvgIpc) is 3.20. The molecule has 0 amide bonds. The van der Waals surface area contributed by atoms with Gasteiger partial charge in [-0.3, -0.25) is 0 Å². The molecule has 2 aromatic rings. The maximum Gasteiger partial charge on any atom is 0.133 e. The van der Waals surface area contributed by atoms with Crippen LogP contribution in [0, 0.1) is 10.8 Å². The summed E-state index contributed by atoms with van der Waals surface area (Å²) in [5.41, 5.74) is 8.08. The molecule has 4 rings (SSSR count). The minimum atomic E-state index is -0.0682. The van der Waals surface area contributed by atoms with E-state index in [2.05, 4.69) is 157 Å². The van der Waals surface area contributed by atoms with Crippen LogP contribution < -0.4 is 9.80 Å². The Morgan fingerprint density at radius 2 is 0.778 bits per heavy atom. The normalized spacial score (nSPS) is 22.3. The minimum Gasteiger partial charge on any atom is -0.323 e. The van der Waals surface area contributed by atoms with Gasteiger partial charge in [-0.2, -0.15) is 0 Å². The number of benzene rings is 2. The zero-order valence-corrected chi connectivity index (χ0v) is 31.7. The topological polar surface area (TPSA) is 31.2 Å². The van der Waals surface area contributed by atoms with Crippen molar-refractivity contribution in [3.05, 3.63) is 58.7 Å². The Hall–Kier alpha value is -2.62. The fourth-order valence-corrected chi connectivity index (χ4v) is 8.75. The SMILES string of the molecule is CC(C)c1cccc(C(C)C)c1N1/C(=N/C/N=C2/N(c3c(C(C)C)cccc3C(C)C)C(C)(C)CC2(C)C)C(C)(C)CC1(C)C. The molecule has 4 heteroatoms. The van der Waals surface area contributed by atoms with Gasteiger partial charge in [-0.05, 0) is 86.5 Å². The molecule has 248 valence electrons. The van der Waals surface area contributed by atoms with Crippen molar-refractivity contribution in [1.82, 2.24) is 0 Å². The summed E-state index contributed by atoms with van der Waals surface area (Å²) >= 11 is 0. The second-order valence-corrected chi connectivity index (χ2v) is 17.7. The smallest absolute Gasteiger partial charge is 0.133 e. The highest BCUT2D eigenvalue weighted by molar-refractivity contribution is 6.08. The molecule has 2 saturated heterocycles. The maximum atomic E-state index is 5.48. The van der Waals surface area contributed by atoms with Gasteiger partial charge in [-0.1, -0.05) is 119 Å². The molecule has 4 nitrogen and oxygen atoms in total. The van der Waals surface area contributed by atoms with Crippen LogP contribution in [0.5, 0.6) is 0 Å². The molecule has 2 aliphatic heterocycles. The summed E-state index contributed by atoms with van der Waals surface area (Å²) < 4.78 is 0. The van der Waals surface area contributed by atoms with Crippen molar-refractivity contribution >= 4 is 23.0 Å². The van der Waals surface area contributed by atoms with Gasteiger partial charge in [0.05, 0.1) is 0 Å². The predicted octanol–water partition coefficient (Wildman–Crippen LogP) is 11.7. The Bertz CT molecular complexity index is 1290. The van der Waals surface area contributed by atoms with Crippen LogP contribution in [0.2, 0.25) is 0 Å². The zero-order valence-electron chi connectivity index (χ0n) is 31.7. The monoisotopic (exact) mass is 613 g/mol. The molecule has 0 aromatic heterocycles. The van der Waals surface area contributed by atoms with E-state index < -0.39 is 0 Å². The van der Waals surface area contributed by atoms with Crippen LogP contribution in [0.25, 0.3) is 0 Å². The second kappa shape index (κ2) is 12.2. The van der Waals surface area contributed by atoms with E-state index >= 15 is 0 Å². The maximum absolute atomic E-state index is 5.48. The number of aliphatic imine (C=N–C) groups is 2. The summed E-state index contributed by atoms with van der Waals surface area (Å²) in [5, 5.41) is 0. The third kappa shape index (κ3) is 6.50. The molecule has 0 N–H and O–H groups in total. The molecule has 0 radical (unpaired) electrons. The lowest BCUT2D eigenvalue weighted by atomic mass is 9.85. The van der Waals surface area contributed by atoms with Gasteiger partial charge >= 0.3 is 0 Å². The first-order chi connectivity index (χ1) is 20.6. The van der Waals surface area contributed by atoms with Crippen LogP contribution in [-0.4, -0.2) is 29.4 Å². The lowest BCUT2D eigenvalue weighted by Gasteiger charge is -2.38. The van der Waals surface area contributed by atoms with Crippen LogP contribution in [0.15, 0.2) is 46.4 Å². The fraction of sp³-hybridized carbons (Fsp3) is 0.659. The van der Waals surface area contributed by atoms with Crippen molar-refractivity contribution in [2.75, 3.05) is 16.5 Å². The van der Waals surface area contributed by atoms with Crippen molar-refractivity contribution in [2.45, 2.75) is 158 Å². The van der Waals surface area contributed by atoms with E-state index in [-0.39, 0.29) is 21.9 Å². The Morgan fingerprint density at radius 3 is 1.02 bits per heavy atom. The Labute approximate surface area is 276 Å². The highest BCUT2D eigenvalue weighted by atomic mass is 15.3. The highest BCUT2D eigenvalue weighted by Crippen LogP contribution is 2.51. The van der Waals surface area contributed by atoms with E-state index in [0.29, 0.717) is 30.3 Å². The van der Waals surface area contributed by atoms with Gasteiger partial charge < -0.3 is 9.80 Å². The highest BCUT2D eigenvalue weighted by Gasteiger charge is 2.51. The van der Waals surface area contributed by atoms with Crippen LogP contribution in [0.4, 0.5) is 11.4 Å². The van der Waals surface area contributed by atoms with Gasteiger partial charge in [0.25, 0.3) is 0 Å². The summed E-state index contributed by atoms with van der Waals surface area (Å²) in [7, 11) is 0. The number of amidine groups is 2. The molecule has 0 atom stereocenters. The van der Waals surface area contributed by atoms with E-state index in [0.717, 1.165) is 12.8 Å². The number of anilines is 2. The Balaban J connectivity index is 1.91. The molecule has 2 fully saturated rings. The number of para-hydroxylation sites is 2. The molecule has 0 spiro atoms. The van der Waals surface area contributed by atoms with Crippen LogP contribution in [-0.2, 0) is 0 Å². The van der Waals surface area contributed by atoms with Crippen molar-refractivity contribution < 1.29 is 0 Å². The van der Waals surface area contributed by atoms with Crippen LogP contribution in [0.1, 0.15) is 170 Å². The van der Waals surface area contributed by atoms with Gasteiger partial charge in [0.15, 0.2) is 0 Å². The largest absolute Gasteiger partial charge is 0.323 e. The van der Waals surface area contributed by atoms with E-state index in [1.54, 1.807) is 0 Å². The standard InChI is InChI=1S/C41H64N4/c1-26(2)30-19-17-20-31(27(3)4)34(30)44-36(38(9,10)23-40(44,13)14)42-25-43-37-39(11,12)24-41(15,16)45(37)35-32(28(5)6)21-18-22-33(35)29(7)8/h17-22,26-29H,23-25H2,1-16H3/b42-36+,43-37+. The Kier molecular flexibility index (Phi) is 9.55. The number of rotatable bonds is 8. The van der Waals surface area contributed by atoms with Crippen LogP contribution in [0.3, 0.4) is 0 Å². The van der Waals surface area contributed by atoms with Gasteiger partial charge in [0, 0.05) is 33.3 Å². The lowest BCUT2D eigenvalue weighted by Crippen LogP contribution is -2.44. The average molecular weight is 613 g/mol. The van der Waals surface area contributed by atoms with Gasteiger partial charge in [-0.15, -0.1) is 0 Å². The van der Waals surface area contributed by atoms with Crippen molar-refractivity contribution in [3.63, 3.8) is 0 Å². The van der Waals surface area contributed by atoms with Crippen molar-refractivity contribution in [1.29, 1.82) is 0 Å². The van der Waals surface area contributed by atoms with Gasteiger partial charge in [0.1, 0.15) is 18.3 Å². The lowest BCUT2D eigenvalue weighted by molar-refractivity contribution is 0.404. The zero-order chi connectivity index (χ0) is 33.9. The second-order valence-electron chi connectivity index (χ2n) is 17.7. The molecular formula is C41H64N4. The van der Waals surface area contributed by atoms with Crippen molar-refractivity contribution in [2.24, 2.45) is 20.8 Å². The van der Waals surface area contributed by atoms with Gasteiger partial charge in [-0.25, -0.2) is 9.98 Å². The summed E-state index contributed by atoms with van der Waals surface area (Å²) in [5.74, 6) is 4.02. The molecule has 2 heterocycles. The Morgan fingerprint density at radius 1 is 0.511 bits per heavy atom. The molecular weight excluding hydrogens is 548 g/mol. The molecule has 0 unspecified atom stereocenters. The first-order valence-corrected chi connectivity index (χ1v) is 17.6. The van der Waals surface area contributed by atoms with Gasteiger partial charge in [0.2, 0.25) is 0 Å². The van der Waals surface area contributed by atoms with E-state index in [1.807, 2.05) is 0 Å². The molecule has 0 aliphatic carbocycles. The number of hydrogen-bond acceptors (Lipinski definition) is 2. The van der Waals surface area contributed by atoms with Crippen LogP contribution >= 0.6 is 0 Å².